The Morgan fingerprint density at radius 3 is 2.00 bits per heavy atom. The Morgan fingerprint density at radius 1 is 0.957 bits per heavy atom. The highest BCUT2D eigenvalue weighted by atomic mass is 79.9. The molecule has 2 amide bonds. The molecule has 0 saturated heterocycles. The van der Waals surface area contributed by atoms with Crippen molar-refractivity contribution in [3.63, 3.8) is 0 Å². The van der Waals surface area contributed by atoms with Gasteiger partial charge in [-0.3, -0.25) is 4.99 Å². The Labute approximate surface area is 284 Å². The van der Waals surface area contributed by atoms with Gasteiger partial charge in [0.1, 0.15) is 44.1 Å². The molecule has 0 saturated carbocycles. The molecular formula is C33H44BrFN2O9S. The molecule has 11 nitrogen and oxygen atoms in total. The van der Waals surface area contributed by atoms with E-state index in [4.69, 9.17) is 28.7 Å². The van der Waals surface area contributed by atoms with Gasteiger partial charge in [-0.15, -0.1) is 0 Å². The molecule has 3 rings (SSSR count). The number of aliphatic imine (C=N–C) groups is 1. The largest absolute Gasteiger partial charge is 0.497 e. The summed E-state index contributed by atoms with van der Waals surface area (Å²) in [5.74, 6) is -0.692. The molecule has 0 aromatic heterocycles. The lowest BCUT2D eigenvalue weighted by Crippen LogP contribution is -2.66. The highest BCUT2D eigenvalue weighted by molar-refractivity contribution is 9.10. The van der Waals surface area contributed by atoms with E-state index in [0.717, 1.165) is 6.07 Å². The number of carbonyl (C=O) groups is 2. The fourth-order valence-corrected chi connectivity index (χ4v) is 7.55. The molecule has 0 bridgehead atoms. The highest BCUT2D eigenvalue weighted by Crippen LogP contribution is 2.46. The first kappa shape index (κ1) is 38.4. The van der Waals surface area contributed by atoms with Crippen LogP contribution in [0, 0.1) is 5.82 Å². The van der Waals surface area contributed by atoms with Crippen molar-refractivity contribution in [1.82, 2.24) is 4.90 Å². The van der Waals surface area contributed by atoms with Gasteiger partial charge in [-0.1, -0.05) is 28.1 Å². The van der Waals surface area contributed by atoms with Crippen LogP contribution in [-0.2, 0) is 40.9 Å². The van der Waals surface area contributed by atoms with E-state index in [1.165, 1.54) is 40.2 Å². The second-order valence-corrected chi connectivity index (χ2v) is 17.2. The molecule has 0 fully saturated rings. The summed E-state index contributed by atoms with van der Waals surface area (Å²) in [6.07, 6.45) is -2.44. The fourth-order valence-electron chi connectivity index (χ4n) is 5.01. The number of hydrogen-bond acceptors (Lipinski definition) is 10. The summed E-state index contributed by atoms with van der Waals surface area (Å²) < 4.78 is 71.8. The minimum atomic E-state index is -4.49. The Morgan fingerprint density at radius 2 is 1.51 bits per heavy atom. The Hall–Kier alpha value is -3.07. The van der Waals surface area contributed by atoms with Gasteiger partial charge in [0.2, 0.25) is 0 Å². The van der Waals surface area contributed by atoms with E-state index >= 15 is 4.39 Å². The van der Waals surface area contributed by atoms with Crippen LogP contribution in [0.1, 0.15) is 66.5 Å². The van der Waals surface area contributed by atoms with Crippen LogP contribution in [-0.4, -0.2) is 80.0 Å². The average Bonchev–Trinajstić information content (AvgIpc) is 2.94. The van der Waals surface area contributed by atoms with Gasteiger partial charge in [0.05, 0.1) is 26.9 Å². The quantitative estimate of drug-likeness (QED) is 0.287. The van der Waals surface area contributed by atoms with Crippen LogP contribution in [0.4, 0.5) is 14.0 Å². The van der Waals surface area contributed by atoms with Crippen molar-refractivity contribution >= 4 is 43.8 Å². The Balaban J connectivity index is 2.39. The van der Waals surface area contributed by atoms with Gasteiger partial charge in [-0.2, -0.15) is 4.90 Å². The van der Waals surface area contributed by atoms with Crippen LogP contribution >= 0.6 is 15.9 Å². The molecule has 2 aromatic carbocycles. The van der Waals surface area contributed by atoms with E-state index in [1.807, 2.05) is 0 Å². The lowest BCUT2D eigenvalue weighted by atomic mass is 9.86. The molecule has 47 heavy (non-hydrogen) atoms. The Kier molecular flexibility index (Phi) is 11.6. The van der Waals surface area contributed by atoms with E-state index in [2.05, 4.69) is 15.9 Å². The van der Waals surface area contributed by atoms with Gasteiger partial charge < -0.3 is 23.7 Å². The summed E-state index contributed by atoms with van der Waals surface area (Å²) in [6, 6.07) is 11.0. The summed E-state index contributed by atoms with van der Waals surface area (Å²) in [6.45, 7) is 11.2. The molecule has 0 spiro atoms. The zero-order valence-corrected chi connectivity index (χ0v) is 30.9. The van der Waals surface area contributed by atoms with Crippen LogP contribution in [0.3, 0.4) is 0 Å². The number of imide groups is 1. The molecule has 2 atom stereocenters. The molecule has 1 aliphatic heterocycles. The Bertz CT molecular complexity index is 1570. The molecule has 260 valence electrons. The van der Waals surface area contributed by atoms with Crippen LogP contribution in [0.2, 0.25) is 0 Å². The monoisotopic (exact) mass is 742 g/mol. The maximum absolute atomic E-state index is 16.0. The topological polar surface area (TPSA) is 130 Å². The predicted molar refractivity (Wildman–Crippen MR) is 179 cm³/mol. The number of sulfone groups is 1. The summed E-state index contributed by atoms with van der Waals surface area (Å²) in [4.78, 5) is 32.9. The zero-order valence-electron chi connectivity index (χ0n) is 28.5. The summed E-state index contributed by atoms with van der Waals surface area (Å²) in [5, 5.41) is -1.53. The maximum atomic E-state index is 16.0. The third-order valence-corrected chi connectivity index (χ3v) is 10.7. The minimum Gasteiger partial charge on any atom is -0.497 e. The smallest absolute Gasteiger partial charge is 0.425 e. The average molecular weight is 744 g/mol. The maximum Gasteiger partial charge on any atom is 0.425 e. The van der Waals surface area contributed by atoms with Crippen LogP contribution in [0.15, 0.2) is 51.9 Å². The van der Waals surface area contributed by atoms with E-state index < -0.39 is 73.6 Å². The van der Waals surface area contributed by atoms with Crippen molar-refractivity contribution in [2.45, 2.75) is 88.7 Å². The third kappa shape index (κ3) is 8.51. The number of benzene rings is 2. The van der Waals surface area contributed by atoms with Crippen molar-refractivity contribution in [2.24, 2.45) is 4.99 Å². The van der Waals surface area contributed by atoms with E-state index in [9.17, 15) is 18.0 Å². The van der Waals surface area contributed by atoms with Gasteiger partial charge in [-0.05, 0) is 91.3 Å². The van der Waals surface area contributed by atoms with Crippen molar-refractivity contribution < 1.29 is 46.1 Å². The summed E-state index contributed by atoms with van der Waals surface area (Å²) in [7, 11) is -1.64. The number of nitrogens with zero attached hydrogens (tertiary/aromatic N) is 2. The predicted octanol–water partition coefficient (Wildman–Crippen LogP) is 6.80. The minimum absolute atomic E-state index is 0.0167. The van der Waals surface area contributed by atoms with Crippen LogP contribution in [0.5, 0.6) is 5.75 Å². The summed E-state index contributed by atoms with van der Waals surface area (Å²) >= 11 is 3.36. The first-order valence-corrected chi connectivity index (χ1v) is 17.2. The van der Waals surface area contributed by atoms with Gasteiger partial charge in [0.15, 0.2) is 9.84 Å². The molecule has 1 aliphatic rings. The van der Waals surface area contributed by atoms with Crippen molar-refractivity contribution in [3.8, 4) is 5.75 Å². The molecule has 0 N–H and O–H groups in total. The second kappa shape index (κ2) is 14.2. The number of methoxy groups -OCH3 is 2. The number of rotatable bonds is 8. The summed E-state index contributed by atoms with van der Waals surface area (Å²) in [5.41, 5.74) is -3.70. The highest BCUT2D eigenvalue weighted by Gasteiger charge is 2.62. The fraction of sp³-hybridized carbons (Fsp3) is 0.545. The van der Waals surface area contributed by atoms with Crippen molar-refractivity contribution in [1.29, 1.82) is 0 Å². The van der Waals surface area contributed by atoms with Gasteiger partial charge in [0.25, 0.3) is 0 Å². The lowest BCUT2D eigenvalue weighted by Gasteiger charge is -2.47. The van der Waals surface area contributed by atoms with Gasteiger partial charge in [-0.25, -0.2) is 22.4 Å². The van der Waals surface area contributed by atoms with Crippen molar-refractivity contribution in [3.05, 3.63) is 63.9 Å². The molecule has 1 heterocycles. The molecular weight excluding hydrogens is 699 g/mol. The number of ether oxygens (including phenoxy) is 5. The molecule has 14 heteroatoms. The number of halogens is 2. The van der Waals surface area contributed by atoms with Crippen LogP contribution in [0.25, 0.3) is 0 Å². The number of carbonyl (C=O) groups excluding carboxylic acids is 2. The SMILES string of the molecule is COCC1C(COCc2ccc(OC)cc2)(c2cc(Br)ccc2F)N=C(N(C(=O)OC(C)(C)C)C(=O)OC(C)(C)C)C(C)(C)S1(=O)=O. The van der Waals surface area contributed by atoms with E-state index in [0.29, 0.717) is 20.7 Å². The first-order chi connectivity index (χ1) is 21.6. The van der Waals surface area contributed by atoms with Crippen molar-refractivity contribution in [2.75, 3.05) is 27.4 Å². The molecule has 2 aromatic rings. The number of amides is 2. The van der Waals surface area contributed by atoms with E-state index in [-0.39, 0.29) is 12.2 Å². The second-order valence-electron chi connectivity index (χ2n) is 13.6. The van der Waals surface area contributed by atoms with Gasteiger partial charge >= 0.3 is 12.2 Å². The van der Waals surface area contributed by atoms with Crippen LogP contribution < -0.4 is 4.74 Å². The first-order valence-electron chi connectivity index (χ1n) is 14.8. The molecule has 0 radical (unpaired) electrons. The molecule has 2 unspecified atom stereocenters. The molecule has 0 aliphatic carbocycles. The van der Waals surface area contributed by atoms with E-state index in [1.54, 1.807) is 65.8 Å². The zero-order chi connectivity index (χ0) is 35.6. The number of hydrogen-bond donors (Lipinski definition) is 0. The normalized spacial score (nSPS) is 20.6. The number of amidine groups is 1. The van der Waals surface area contributed by atoms with Gasteiger partial charge in [0, 0.05) is 17.1 Å². The third-order valence-electron chi connectivity index (χ3n) is 7.29. The lowest BCUT2D eigenvalue weighted by molar-refractivity contribution is 0.0131. The standard InChI is InChI=1S/C33H44BrFN2O9S/c1-30(2,3)45-28(38)37(29(39)46-31(4,5)6)27-32(7,8)47(40,41)26(19-42-9)33(36-27,24-17-22(34)13-16-25(24)35)20-44-18-21-11-14-23(43-10)15-12-21/h11-17,26H,18-20H2,1-10H3.